The van der Waals surface area contributed by atoms with Crippen LogP contribution in [-0.4, -0.2) is 43.2 Å². The topological polar surface area (TPSA) is 54.5 Å². The van der Waals surface area contributed by atoms with Gasteiger partial charge in [-0.3, -0.25) is 4.79 Å². The first kappa shape index (κ1) is 14.4. The molecule has 2 aromatic rings. The van der Waals surface area contributed by atoms with Crippen LogP contribution in [0.1, 0.15) is 5.56 Å². The Kier molecular flexibility index (Phi) is 3.41. The van der Waals surface area contributed by atoms with E-state index in [1.165, 1.54) is 12.1 Å². The number of halogens is 1. The van der Waals surface area contributed by atoms with Gasteiger partial charge in [-0.25, -0.2) is 9.37 Å². The van der Waals surface area contributed by atoms with E-state index >= 15 is 0 Å². The molecule has 2 fully saturated rings. The van der Waals surface area contributed by atoms with Gasteiger partial charge >= 0.3 is 0 Å². The summed E-state index contributed by atoms with van der Waals surface area (Å²) in [5.74, 6) is 0.333. The molecule has 0 spiro atoms. The minimum Gasteiger partial charge on any atom is -0.378 e. The molecule has 1 amide bonds. The zero-order valence-electron chi connectivity index (χ0n) is 12.9. The molecule has 4 rings (SSSR count). The molecule has 2 atom stereocenters. The number of benzene rings is 1. The van der Waals surface area contributed by atoms with Crippen molar-refractivity contribution in [3.63, 3.8) is 0 Å². The monoisotopic (exact) mass is 315 g/mol. The number of carbonyl (C=O) groups excluding carboxylic acids is 1. The molecule has 2 saturated heterocycles. The molecular formula is C17H18FN3O2. The van der Waals surface area contributed by atoms with E-state index in [0.29, 0.717) is 31.8 Å². The van der Waals surface area contributed by atoms with Crippen LogP contribution in [0.3, 0.4) is 0 Å². The maximum Gasteiger partial charge on any atom is 0.227 e. The zero-order chi connectivity index (χ0) is 16.0. The van der Waals surface area contributed by atoms with Crippen molar-refractivity contribution in [1.29, 1.82) is 0 Å². The predicted molar refractivity (Wildman–Crippen MR) is 84.9 cm³/mol. The number of nitrogens with zero attached hydrogens (tertiary/aromatic N) is 2. The summed E-state index contributed by atoms with van der Waals surface area (Å²) in [5.41, 5.74) is 1.69. The number of nitrogens with one attached hydrogen (secondary N) is 1. The van der Waals surface area contributed by atoms with Gasteiger partial charge in [-0.1, -0.05) is 0 Å². The molecule has 1 N–H and O–H groups in total. The number of ether oxygens (including phenoxy) is 1. The normalized spacial score (nSPS) is 24.4. The molecule has 2 bridgehead atoms. The Morgan fingerprint density at radius 3 is 3.04 bits per heavy atom. The van der Waals surface area contributed by atoms with Gasteiger partial charge in [0.1, 0.15) is 11.6 Å². The van der Waals surface area contributed by atoms with Crippen LogP contribution in [-0.2, 0) is 9.53 Å². The quantitative estimate of drug-likeness (QED) is 0.869. The lowest BCUT2D eigenvalue weighted by Gasteiger charge is -2.29. The molecule has 23 heavy (non-hydrogen) atoms. The van der Waals surface area contributed by atoms with Crippen molar-refractivity contribution >= 4 is 22.6 Å². The minimum absolute atomic E-state index is 0.0403. The molecular weight excluding hydrogens is 297 g/mol. The van der Waals surface area contributed by atoms with Crippen LogP contribution >= 0.6 is 0 Å². The highest BCUT2D eigenvalue weighted by molar-refractivity contribution is 5.84. The van der Waals surface area contributed by atoms with E-state index in [0.717, 1.165) is 16.8 Å². The fourth-order valence-corrected chi connectivity index (χ4v) is 3.34. The maximum absolute atomic E-state index is 13.5. The van der Waals surface area contributed by atoms with E-state index in [1.54, 1.807) is 6.07 Å². The molecule has 1 aromatic carbocycles. The first-order chi connectivity index (χ1) is 11.1. The molecule has 3 heterocycles. The van der Waals surface area contributed by atoms with Gasteiger partial charge in [-0.05, 0) is 30.7 Å². The summed E-state index contributed by atoms with van der Waals surface area (Å²) in [6.07, 6.45) is 0. The van der Waals surface area contributed by atoms with Crippen LogP contribution < -0.4 is 10.2 Å². The molecule has 0 radical (unpaired) electrons. The van der Waals surface area contributed by atoms with Crippen molar-refractivity contribution in [3.8, 4) is 0 Å². The number of aromatic nitrogens is 1. The van der Waals surface area contributed by atoms with E-state index in [9.17, 15) is 9.18 Å². The Labute approximate surface area is 133 Å². The van der Waals surface area contributed by atoms with Gasteiger partial charge in [0.2, 0.25) is 5.91 Å². The summed E-state index contributed by atoms with van der Waals surface area (Å²) in [5, 5.41) is 3.96. The Bertz CT molecular complexity index is 780. The van der Waals surface area contributed by atoms with E-state index in [4.69, 9.17) is 4.74 Å². The second-order valence-electron chi connectivity index (χ2n) is 6.30. The lowest BCUT2D eigenvalue weighted by atomic mass is 10.1. The van der Waals surface area contributed by atoms with Crippen molar-refractivity contribution in [2.45, 2.75) is 13.0 Å². The Balaban J connectivity index is 1.75. The SMILES string of the molecule is Cc1cc(N2C[C@H]3COC[C@@H](C2)C(=O)N3)nc2cc(F)ccc12. The molecule has 0 unspecified atom stereocenters. The number of aryl methyl sites for hydroxylation is 1. The summed E-state index contributed by atoms with van der Waals surface area (Å²) in [6.45, 7) is 4.15. The molecule has 120 valence electrons. The summed E-state index contributed by atoms with van der Waals surface area (Å²) >= 11 is 0. The second kappa shape index (κ2) is 5.45. The average molecular weight is 315 g/mol. The lowest BCUT2D eigenvalue weighted by Crippen LogP contribution is -2.42. The van der Waals surface area contributed by atoms with Crippen LogP contribution in [0.5, 0.6) is 0 Å². The third-order valence-electron chi connectivity index (χ3n) is 4.53. The van der Waals surface area contributed by atoms with Gasteiger partial charge in [-0.2, -0.15) is 0 Å². The average Bonchev–Trinajstić information content (AvgIpc) is 2.75. The molecule has 6 heteroatoms. The van der Waals surface area contributed by atoms with E-state index in [2.05, 4.69) is 15.2 Å². The van der Waals surface area contributed by atoms with Gasteiger partial charge in [-0.15, -0.1) is 0 Å². The van der Waals surface area contributed by atoms with Crippen molar-refractivity contribution in [2.24, 2.45) is 5.92 Å². The summed E-state index contributed by atoms with van der Waals surface area (Å²) < 4.78 is 19.1. The van der Waals surface area contributed by atoms with Crippen LogP contribution in [0.4, 0.5) is 10.2 Å². The molecule has 0 saturated carbocycles. The molecule has 0 aliphatic carbocycles. The lowest BCUT2D eigenvalue weighted by molar-refractivity contribution is -0.124. The number of hydrogen-bond acceptors (Lipinski definition) is 4. The first-order valence-electron chi connectivity index (χ1n) is 7.80. The van der Waals surface area contributed by atoms with Crippen LogP contribution in [0.25, 0.3) is 10.9 Å². The molecule has 2 aliphatic rings. The summed E-state index contributed by atoms with van der Waals surface area (Å²) in [6, 6.07) is 6.63. The summed E-state index contributed by atoms with van der Waals surface area (Å²) in [4.78, 5) is 18.8. The molecule has 5 nitrogen and oxygen atoms in total. The predicted octanol–water partition coefficient (Wildman–Crippen LogP) is 1.63. The number of rotatable bonds is 1. The fraction of sp³-hybridized carbons (Fsp3) is 0.412. The number of pyridine rings is 1. The van der Waals surface area contributed by atoms with Gasteiger partial charge in [0.05, 0.1) is 30.7 Å². The van der Waals surface area contributed by atoms with Crippen LogP contribution in [0.15, 0.2) is 24.3 Å². The van der Waals surface area contributed by atoms with Gasteiger partial charge < -0.3 is 15.0 Å². The van der Waals surface area contributed by atoms with E-state index in [1.807, 2.05) is 13.0 Å². The number of hydrogen-bond donors (Lipinski definition) is 1. The molecule has 2 aliphatic heterocycles. The smallest absolute Gasteiger partial charge is 0.227 e. The molecule has 1 aromatic heterocycles. The highest BCUT2D eigenvalue weighted by Gasteiger charge is 2.33. The van der Waals surface area contributed by atoms with Gasteiger partial charge in [0.25, 0.3) is 0 Å². The first-order valence-corrected chi connectivity index (χ1v) is 7.80. The number of fused-ring (bicyclic) bond motifs is 4. The summed E-state index contributed by atoms with van der Waals surface area (Å²) in [7, 11) is 0. The zero-order valence-corrected chi connectivity index (χ0v) is 12.9. The van der Waals surface area contributed by atoms with E-state index < -0.39 is 0 Å². The largest absolute Gasteiger partial charge is 0.378 e. The highest BCUT2D eigenvalue weighted by Crippen LogP contribution is 2.25. The Morgan fingerprint density at radius 2 is 2.17 bits per heavy atom. The highest BCUT2D eigenvalue weighted by atomic mass is 19.1. The number of anilines is 1. The maximum atomic E-state index is 13.5. The van der Waals surface area contributed by atoms with Crippen LogP contribution in [0.2, 0.25) is 0 Å². The van der Waals surface area contributed by atoms with Crippen molar-refractivity contribution in [1.82, 2.24) is 10.3 Å². The van der Waals surface area contributed by atoms with Crippen molar-refractivity contribution in [2.75, 3.05) is 31.2 Å². The van der Waals surface area contributed by atoms with E-state index in [-0.39, 0.29) is 23.7 Å². The Hall–Kier alpha value is -2.21. The van der Waals surface area contributed by atoms with Crippen molar-refractivity contribution in [3.05, 3.63) is 35.6 Å². The van der Waals surface area contributed by atoms with Crippen molar-refractivity contribution < 1.29 is 13.9 Å². The fourth-order valence-electron chi connectivity index (χ4n) is 3.34. The van der Waals surface area contributed by atoms with Crippen LogP contribution in [0, 0.1) is 18.7 Å². The third kappa shape index (κ3) is 2.63. The van der Waals surface area contributed by atoms with Gasteiger partial charge in [0, 0.05) is 24.5 Å². The number of amides is 1. The third-order valence-corrected chi connectivity index (χ3v) is 4.53. The minimum atomic E-state index is -0.292. The standard InChI is InChI=1S/C17H18FN3O2/c1-10-4-16(20-15-5-12(18)2-3-14(10)15)21-6-11-8-23-9-13(7-21)19-17(11)22/h2-5,11,13H,6-9H2,1H3,(H,19,22)/t11-,13+/m1/s1. The second-order valence-corrected chi connectivity index (χ2v) is 6.30. The van der Waals surface area contributed by atoms with Gasteiger partial charge in [0.15, 0.2) is 0 Å². The number of carbonyl (C=O) groups is 1. The Morgan fingerprint density at radius 1 is 1.30 bits per heavy atom.